The molecule has 0 radical (unpaired) electrons. The predicted molar refractivity (Wildman–Crippen MR) is 119 cm³/mol. The molecule has 156 valence electrons. The van der Waals surface area contributed by atoms with Gasteiger partial charge in [-0.1, -0.05) is 54.1 Å². The first-order chi connectivity index (χ1) is 15.0. The van der Waals surface area contributed by atoms with Crippen LogP contribution < -0.4 is 15.6 Å². The minimum absolute atomic E-state index is 0.0975. The van der Waals surface area contributed by atoms with Gasteiger partial charge in [0, 0.05) is 22.0 Å². The number of fused-ring (bicyclic) bond motifs is 1. The summed E-state index contributed by atoms with van der Waals surface area (Å²) in [5, 5.41) is 1.36. The third kappa shape index (κ3) is 4.54. The summed E-state index contributed by atoms with van der Waals surface area (Å²) in [5.41, 5.74) is 7.62. The van der Waals surface area contributed by atoms with Gasteiger partial charge < -0.3 is 9.15 Å². The number of hydrazine groups is 1. The highest BCUT2D eigenvalue weighted by Gasteiger charge is 2.22. The maximum Gasteiger partial charge on any atom is 0.306 e. The van der Waals surface area contributed by atoms with Crippen LogP contribution in [-0.2, 0) is 11.2 Å². The number of methoxy groups -OCH3 is 1. The highest BCUT2D eigenvalue weighted by molar-refractivity contribution is 6.30. The van der Waals surface area contributed by atoms with Gasteiger partial charge in [-0.25, -0.2) is 0 Å². The van der Waals surface area contributed by atoms with E-state index in [9.17, 15) is 9.59 Å². The molecule has 0 saturated heterocycles. The lowest BCUT2D eigenvalue weighted by molar-refractivity contribution is -0.121. The van der Waals surface area contributed by atoms with Crippen LogP contribution in [0.2, 0.25) is 5.02 Å². The van der Waals surface area contributed by atoms with E-state index in [0.717, 1.165) is 16.5 Å². The number of nitrogens with one attached hydrogen (secondary N) is 2. The maximum absolute atomic E-state index is 12.9. The Kier molecular flexibility index (Phi) is 5.91. The van der Waals surface area contributed by atoms with Gasteiger partial charge >= 0.3 is 5.91 Å². The highest BCUT2D eigenvalue weighted by atomic mass is 35.5. The van der Waals surface area contributed by atoms with E-state index in [1.165, 1.54) is 0 Å². The molecule has 7 heteroatoms. The van der Waals surface area contributed by atoms with Crippen molar-refractivity contribution in [1.29, 1.82) is 0 Å². The van der Waals surface area contributed by atoms with E-state index in [0.29, 0.717) is 21.9 Å². The molecule has 31 heavy (non-hydrogen) atoms. The van der Waals surface area contributed by atoms with E-state index in [2.05, 4.69) is 10.9 Å². The first-order valence-corrected chi connectivity index (χ1v) is 9.92. The molecule has 0 fully saturated rings. The Balaban J connectivity index is 1.58. The Bertz CT molecular complexity index is 1230. The quantitative estimate of drug-likeness (QED) is 0.443. The van der Waals surface area contributed by atoms with E-state index < -0.39 is 5.91 Å². The molecule has 1 aromatic heterocycles. The lowest BCUT2D eigenvalue weighted by Gasteiger charge is -2.08. The van der Waals surface area contributed by atoms with Crippen molar-refractivity contribution in [1.82, 2.24) is 10.9 Å². The molecule has 0 spiro atoms. The van der Waals surface area contributed by atoms with Gasteiger partial charge in [-0.3, -0.25) is 20.4 Å². The molecule has 2 N–H and O–H groups in total. The third-order valence-electron chi connectivity index (χ3n) is 4.76. The summed E-state index contributed by atoms with van der Waals surface area (Å²) in [6.07, 6.45) is 0.0975. The summed E-state index contributed by atoms with van der Waals surface area (Å²) in [5.74, 6) is -0.210. The zero-order chi connectivity index (χ0) is 21.8. The number of furan rings is 1. The SMILES string of the molecule is COc1ccc2c(-c3ccccc3)c(C(=O)NNC(=O)Cc3ccc(Cl)cc3)oc2c1. The molecule has 2 amide bonds. The second-order valence-corrected chi connectivity index (χ2v) is 7.28. The topological polar surface area (TPSA) is 80.6 Å². The lowest BCUT2D eigenvalue weighted by Crippen LogP contribution is -2.42. The maximum atomic E-state index is 12.9. The zero-order valence-electron chi connectivity index (χ0n) is 16.6. The summed E-state index contributed by atoms with van der Waals surface area (Å²) in [6, 6.07) is 21.7. The Hall–Kier alpha value is -3.77. The molecule has 3 aromatic carbocycles. The van der Waals surface area contributed by atoms with Crippen LogP contribution in [0.1, 0.15) is 16.1 Å². The fourth-order valence-electron chi connectivity index (χ4n) is 3.27. The number of carbonyl (C=O) groups excluding carboxylic acids is 2. The number of amides is 2. The highest BCUT2D eigenvalue weighted by Crippen LogP contribution is 2.36. The van der Waals surface area contributed by atoms with E-state index in [1.54, 1.807) is 43.5 Å². The molecule has 4 rings (SSSR count). The van der Waals surface area contributed by atoms with Crippen molar-refractivity contribution in [2.24, 2.45) is 0 Å². The molecule has 0 saturated carbocycles. The van der Waals surface area contributed by atoms with E-state index in [-0.39, 0.29) is 18.1 Å². The van der Waals surface area contributed by atoms with Crippen LogP contribution in [0.3, 0.4) is 0 Å². The minimum atomic E-state index is -0.557. The monoisotopic (exact) mass is 434 g/mol. The first-order valence-electron chi connectivity index (χ1n) is 9.55. The Morgan fingerprint density at radius 3 is 2.42 bits per heavy atom. The van der Waals surface area contributed by atoms with Gasteiger partial charge in [-0.05, 0) is 35.4 Å². The van der Waals surface area contributed by atoms with Crippen LogP contribution in [-0.4, -0.2) is 18.9 Å². The van der Waals surface area contributed by atoms with Gasteiger partial charge in [0.2, 0.25) is 11.7 Å². The second kappa shape index (κ2) is 8.93. The molecule has 0 bridgehead atoms. The zero-order valence-corrected chi connectivity index (χ0v) is 17.4. The normalized spacial score (nSPS) is 10.6. The van der Waals surface area contributed by atoms with Crippen molar-refractivity contribution in [2.75, 3.05) is 7.11 Å². The van der Waals surface area contributed by atoms with Crippen LogP contribution in [0.5, 0.6) is 5.75 Å². The summed E-state index contributed by atoms with van der Waals surface area (Å²) in [7, 11) is 1.56. The summed E-state index contributed by atoms with van der Waals surface area (Å²) in [6.45, 7) is 0. The Morgan fingerprint density at radius 2 is 1.71 bits per heavy atom. The lowest BCUT2D eigenvalue weighted by atomic mass is 10.0. The van der Waals surface area contributed by atoms with Gasteiger partial charge in [0.1, 0.15) is 11.3 Å². The van der Waals surface area contributed by atoms with Crippen LogP contribution in [0, 0.1) is 0 Å². The third-order valence-corrected chi connectivity index (χ3v) is 5.01. The number of halogens is 1. The molecule has 0 atom stereocenters. The molecule has 1 heterocycles. The average molecular weight is 435 g/mol. The molecule has 0 aliphatic rings. The standard InChI is InChI=1S/C24H19ClN2O4/c1-30-18-11-12-19-20(14-18)31-23(22(19)16-5-3-2-4-6-16)24(29)27-26-21(28)13-15-7-9-17(25)10-8-15/h2-12,14H,13H2,1H3,(H,26,28)(H,27,29). The fourth-order valence-corrected chi connectivity index (χ4v) is 3.40. The van der Waals surface area contributed by atoms with Crippen LogP contribution in [0.4, 0.5) is 0 Å². The van der Waals surface area contributed by atoms with Crippen LogP contribution >= 0.6 is 11.6 Å². The Morgan fingerprint density at radius 1 is 0.968 bits per heavy atom. The number of hydrogen-bond donors (Lipinski definition) is 2. The van der Waals surface area contributed by atoms with Gasteiger partial charge in [-0.2, -0.15) is 0 Å². The van der Waals surface area contributed by atoms with Crippen LogP contribution in [0.25, 0.3) is 22.1 Å². The molecular weight excluding hydrogens is 416 g/mol. The number of ether oxygens (including phenoxy) is 1. The van der Waals surface area contributed by atoms with Crippen molar-refractivity contribution in [3.63, 3.8) is 0 Å². The molecule has 0 aliphatic carbocycles. The number of benzene rings is 3. The summed E-state index contributed by atoms with van der Waals surface area (Å²) >= 11 is 5.86. The predicted octanol–water partition coefficient (Wildman–Crippen LogP) is 4.77. The molecular formula is C24H19ClN2O4. The average Bonchev–Trinajstić information content (AvgIpc) is 3.18. The van der Waals surface area contributed by atoms with Crippen LogP contribution in [0.15, 0.2) is 77.2 Å². The number of hydrogen-bond acceptors (Lipinski definition) is 4. The van der Waals surface area contributed by atoms with Gasteiger partial charge in [0.25, 0.3) is 0 Å². The Labute approximate surface area is 183 Å². The van der Waals surface area contributed by atoms with Crippen molar-refractivity contribution >= 4 is 34.4 Å². The van der Waals surface area contributed by atoms with E-state index >= 15 is 0 Å². The molecule has 6 nitrogen and oxygen atoms in total. The first kappa shape index (κ1) is 20.5. The summed E-state index contributed by atoms with van der Waals surface area (Å²) < 4.78 is 11.1. The van der Waals surface area contributed by atoms with Crippen molar-refractivity contribution in [2.45, 2.75) is 6.42 Å². The van der Waals surface area contributed by atoms with Crippen molar-refractivity contribution in [3.05, 3.63) is 89.1 Å². The smallest absolute Gasteiger partial charge is 0.306 e. The van der Waals surface area contributed by atoms with Crippen molar-refractivity contribution < 1.29 is 18.7 Å². The molecule has 4 aromatic rings. The number of carbonyl (C=O) groups is 2. The van der Waals surface area contributed by atoms with Crippen molar-refractivity contribution in [3.8, 4) is 16.9 Å². The summed E-state index contributed by atoms with van der Waals surface area (Å²) in [4.78, 5) is 25.1. The second-order valence-electron chi connectivity index (χ2n) is 6.84. The fraction of sp³-hybridized carbons (Fsp3) is 0.0833. The minimum Gasteiger partial charge on any atom is -0.497 e. The van der Waals surface area contributed by atoms with Gasteiger partial charge in [0.15, 0.2) is 0 Å². The number of rotatable bonds is 5. The van der Waals surface area contributed by atoms with Gasteiger partial charge in [0.05, 0.1) is 13.5 Å². The van der Waals surface area contributed by atoms with E-state index in [4.69, 9.17) is 20.8 Å². The largest absolute Gasteiger partial charge is 0.497 e. The van der Waals surface area contributed by atoms with Gasteiger partial charge in [-0.15, -0.1) is 0 Å². The van der Waals surface area contributed by atoms with E-state index in [1.807, 2.05) is 36.4 Å². The molecule has 0 unspecified atom stereocenters. The molecule has 0 aliphatic heterocycles.